The summed E-state index contributed by atoms with van der Waals surface area (Å²) in [6.07, 6.45) is 3.05. The van der Waals surface area contributed by atoms with Crippen LogP contribution < -0.4 is 10.6 Å². The second-order valence-electron chi connectivity index (χ2n) is 3.35. The van der Waals surface area contributed by atoms with Crippen molar-refractivity contribution in [1.29, 1.82) is 0 Å². The monoisotopic (exact) mass is 211 g/mol. The van der Waals surface area contributed by atoms with Gasteiger partial charge in [0.1, 0.15) is 0 Å². The molecule has 0 aromatic carbocycles. The molecule has 0 saturated carbocycles. The molecule has 0 aliphatic carbocycles. The Labute approximate surface area is 89.5 Å². The molecule has 1 aliphatic rings. The van der Waals surface area contributed by atoms with E-state index in [0.717, 1.165) is 26.2 Å². The van der Waals surface area contributed by atoms with Crippen molar-refractivity contribution >= 4 is 11.8 Å². The van der Waals surface area contributed by atoms with Crippen LogP contribution in [0.5, 0.6) is 0 Å². The van der Waals surface area contributed by atoms with E-state index in [4.69, 9.17) is 0 Å². The minimum Gasteiger partial charge on any atom is -0.343 e. The van der Waals surface area contributed by atoms with Crippen molar-refractivity contribution in [3.63, 3.8) is 0 Å². The molecule has 0 aromatic rings. The molecule has 0 spiro atoms. The van der Waals surface area contributed by atoms with Gasteiger partial charge in [0, 0.05) is 26.2 Å². The lowest BCUT2D eigenvalue weighted by Crippen LogP contribution is -2.49. The van der Waals surface area contributed by atoms with E-state index in [-0.39, 0.29) is 18.4 Å². The van der Waals surface area contributed by atoms with Gasteiger partial charge in [0.25, 0.3) is 0 Å². The van der Waals surface area contributed by atoms with Gasteiger partial charge in [-0.15, -0.1) is 0 Å². The Morgan fingerprint density at radius 1 is 1.40 bits per heavy atom. The first-order valence-electron chi connectivity index (χ1n) is 5.13. The van der Waals surface area contributed by atoms with E-state index < -0.39 is 0 Å². The van der Waals surface area contributed by atoms with E-state index in [1.165, 1.54) is 6.08 Å². The normalized spacial score (nSPS) is 16.7. The fourth-order valence-electron chi connectivity index (χ4n) is 1.40. The Kier molecular flexibility index (Phi) is 4.83. The van der Waals surface area contributed by atoms with E-state index in [1.807, 2.05) is 0 Å². The molecule has 0 unspecified atom stereocenters. The molecular weight excluding hydrogens is 194 g/mol. The number of amides is 2. The van der Waals surface area contributed by atoms with Crippen LogP contribution in [-0.2, 0) is 9.59 Å². The number of allylic oxidation sites excluding steroid dienone is 1. The highest BCUT2D eigenvalue weighted by Crippen LogP contribution is 1.92. The summed E-state index contributed by atoms with van der Waals surface area (Å²) < 4.78 is 0. The van der Waals surface area contributed by atoms with E-state index in [9.17, 15) is 9.59 Å². The highest BCUT2D eigenvalue weighted by Gasteiger charge is 2.15. The Bertz CT molecular complexity index is 257. The fraction of sp³-hybridized carbons (Fsp3) is 0.600. The summed E-state index contributed by atoms with van der Waals surface area (Å²) in [7, 11) is 0. The SMILES string of the molecule is CC=CC(=O)NCC(=O)N1CCNCC1. The van der Waals surface area contributed by atoms with E-state index in [1.54, 1.807) is 17.9 Å². The van der Waals surface area contributed by atoms with Gasteiger partial charge in [0.2, 0.25) is 11.8 Å². The number of carbonyl (C=O) groups excluding carboxylic acids is 2. The third-order valence-electron chi connectivity index (χ3n) is 2.20. The molecule has 0 atom stereocenters. The van der Waals surface area contributed by atoms with Crippen LogP contribution >= 0.6 is 0 Å². The topological polar surface area (TPSA) is 61.4 Å². The number of carbonyl (C=O) groups is 2. The zero-order valence-corrected chi connectivity index (χ0v) is 8.95. The number of rotatable bonds is 3. The van der Waals surface area contributed by atoms with Gasteiger partial charge in [-0.05, 0) is 13.0 Å². The number of hydrogen-bond acceptors (Lipinski definition) is 3. The molecule has 1 aliphatic heterocycles. The first kappa shape index (κ1) is 11.7. The highest BCUT2D eigenvalue weighted by molar-refractivity contribution is 5.91. The van der Waals surface area contributed by atoms with Crippen molar-refractivity contribution in [2.24, 2.45) is 0 Å². The van der Waals surface area contributed by atoms with Gasteiger partial charge in [-0.1, -0.05) is 6.08 Å². The van der Waals surface area contributed by atoms with Crippen molar-refractivity contribution in [3.05, 3.63) is 12.2 Å². The first-order valence-corrected chi connectivity index (χ1v) is 5.13. The Morgan fingerprint density at radius 2 is 2.07 bits per heavy atom. The van der Waals surface area contributed by atoms with Crippen molar-refractivity contribution < 1.29 is 9.59 Å². The van der Waals surface area contributed by atoms with Crippen LogP contribution in [0.4, 0.5) is 0 Å². The van der Waals surface area contributed by atoms with Crippen LogP contribution in [0, 0.1) is 0 Å². The molecule has 15 heavy (non-hydrogen) atoms. The second kappa shape index (κ2) is 6.19. The van der Waals surface area contributed by atoms with Crippen LogP contribution in [-0.4, -0.2) is 49.4 Å². The zero-order valence-electron chi connectivity index (χ0n) is 8.95. The van der Waals surface area contributed by atoms with Crippen LogP contribution in [0.3, 0.4) is 0 Å². The maximum absolute atomic E-state index is 11.6. The largest absolute Gasteiger partial charge is 0.343 e. The first-order chi connectivity index (χ1) is 7.24. The number of nitrogens with zero attached hydrogens (tertiary/aromatic N) is 1. The molecule has 1 fully saturated rings. The Hall–Kier alpha value is -1.36. The lowest BCUT2D eigenvalue weighted by molar-refractivity contribution is -0.132. The molecule has 84 valence electrons. The minimum atomic E-state index is -0.221. The van der Waals surface area contributed by atoms with Crippen molar-refractivity contribution in [2.45, 2.75) is 6.92 Å². The number of hydrogen-bond donors (Lipinski definition) is 2. The molecule has 5 heteroatoms. The maximum Gasteiger partial charge on any atom is 0.244 e. The quantitative estimate of drug-likeness (QED) is 0.595. The van der Waals surface area contributed by atoms with Gasteiger partial charge >= 0.3 is 0 Å². The van der Waals surface area contributed by atoms with Gasteiger partial charge in [0.15, 0.2) is 0 Å². The van der Waals surface area contributed by atoms with Gasteiger partial charge in [-0.3, -0.25) is 9.59 Å². The van der Waals surface area contributed by atoms with E-state index >= 15 is 0 Å². The molecule has 5 nitrogen and oxygen atoms in total. The number of nitrogens with one attached hydrogen (secondary N) is 2. The van der Waals surface area contributed by atoms with Gasteiger partial charge < -0.3 is 15.5 Å². The summed E-state index contributed by atoms with van der Waals surface area (Å²) in [5, 5.41) is 5.71. The molecule has 2 N–H and O–H groups in total. The van der Waals surface area contributed by atoms with Crippen LogP contribution in [0.25, 0.3) is 0 Å². The fourth-order valence-corrected chi connectivity index (χ4v) is 1.40. The van der Waals surface area contributed by atoms with Crippen molar-refractivity contribution in [2.75, 3.05) is 32.7 Å². The summed E-state index contributed by atoms with van der Waals surface area (Å²) in [5.74, 6) is -0.240. The predicted octanol–water partition coefficient (Wildman–Crippen LogP) is -0.889. The molecule has 0 radical (unpaired) electrons. The van der Waals surface area contributed by atoms with Gasteiger partial charge in [0.05, 0.1) is 6.54 Å². The highest BCUT2D eigenvalue weighted by atomic mass is 16.2. The van der Waals surface area contributed by atoms with E-state index in [0.29, 0.717) is 0 Å². The van der Waals surface area contributed by atoms with Gasteiger partial charge in [-0.25, -0.2) is 0 Å². The summed E-state index contributed by atoms with van der Waals surface area (Å²) in [5.41, 5.74) is 0. The molecular formula is C10H17N3O2. The van der Waals surface area contributed by atoms with Gasteiger partial charge in [-0.2, -0.15) is 0 Å². The molecule has 2 amide bonds. The average molecular weight is 211 g/mol. The lowest BCUT2D eigenvalue weighted by atomic mass is 10.3. The van der Waals surface area contributed by atoms with E-state index in [2.05, 4.69) is 10.6 Å². The molecule has 1 saturated heterocycles. The third-order valence-corrected chi connectivity index (χ3v) is 2.20. The van der Waals surface area contributed by atoms with Crippen LogP contribution in [0.2, 0.25) is 0 Å². The summed E-state index contributed by atoms with van der Waals surface area (Å²) in [6.45, 7) is 4.95. The third kappa shape index (κ3) is 4.12. The summed E-state index contributed by atoms with van der Waals surface area (Å²) >= 11 is 0. The zero-order chi connectivity index (χ0) is 11.1. The van der Waals surface area contributed by atoms with Crippen LogP contribution in [0.1, 0.15) is 6.92 Å². The predicted molar refractivity (Wildman–Crippen MR) is 57.3 cm³/mol. The maximum atomic E-state index is 11.6. The second-order valence-corrected chi connectivity index (χ2v) is 3.35. The number of piperazine rings is 1. The Balaban J connectivity index is 2.25. The summed E-state index contributed by atoms with van der Waals surface area (Å²) in [4.78, 5) is 24.4. The van der Waals surface area contributed by atoms with Crippen LogP contribution in [0.15, 0.2) is 12.2 Å². The van der Waals surface area contributed by atoms with Crippen molar-refractivity contribution in [1.82, 2.24) is 15.5 Å². The molecule has 0 bridgehead atoms. The molecule has 1 rings (SSSR count). The smallest absolute Gasteiger partial charge is 0.244 e. The standard InChI is InChI=1S/C10H17N3O2/c1-2-3-9(14)12-8-10(15)13-6-4-11-5-7-13/h2-3,11H,4-8H2,1H3,(H,12,14). The molecule has 1 heterocycles. The lowest BCUT2D eigenvalue weighted by Gasteiger charge is -2.27. The minimum absolute atomic E-state index is 0.0191. The Morgan fingerprint density at radius 3 is 2.67 bits per heavy atom. The molecule has 0 aromatic heterocycles. The average Bonchev–Trinajstić information content (AvgIpc) is 2.27. The van der Waals surface area contributed by atoms with Crippen molar-refractivity contribution in [3.8, 4) is 0 Å². The summed E-state index contributed by atoms with van der Waals surface area (Å²) in [6, 6.07) is 0.